The van der Waals surface area contributed by atoms with Gasteiger partial charge in [0, 0.05) is 24.9 Å². The molecule has 19 heavy (non-hydrogen) atoms. The van der Waals surface area contributed by atoms with Gasteiger partial charge in [-0.2, -0.15) is 4.31 Å². The number of anilines is 1. The Balaban J connectivity index is 2.39. The molecule has 1 atom stereocenters. The Hall–Kier alpha value is -1.18. The Bertz CT molecular complexity index is 560. The molecular weight excluding hydrogens is 271 g/mol. The average molecular weight is 288 g/mol. The normalized spacial score (nSPS) is 20.1. The number of nitrogens with two attached hydrogens (primary N) is 1. The van der Waals surface area contributed by atoms with Crippen LogP contribution in [0.5, 0.6) is 0 Å². The van der Waals surface area contributed by atoms with Crippen LogP contribution in [0.2, 0.25) is 0 Å². The summed E-state index contributed by atoms with van der Waals surface area (Å²) in [5.41, 5.74) is 6.01. The van der Waals surface area contributed by atoms with Crippen molar-refractivity contribution in [1.29, 1.82) is 0 Å². The third-order valence-corrected chi connectivity index (χ3v) is 5.34. The Morgan fingerprint density at radius 3 is 2.68 bits per heavy atom. The third kappa shape index (κ3) is 2.58. The molecule has 1 saturated heterocycles. The monoisotopic (exact) mass is 288 g/mol. The summed E-state index contributed by atoms with van der Waals surface area (Å²) in [6, 6.07) is 2.09. The van der Waals surface area contributed by atoms with E-state index in [-0.39, 0.29) is 22.2 Å². The van der Waals surface area contributed by atoms with Crippen molar-refractivity contribution < 1.29 is 17.5 Å². The van der Waals surface area contributed by atoms with Crippen LogP contribution < -0.4 is 5.73 Å². The number of benzene rings is 1. The second kappa shape index (κ2) is 5.07. The number of nitrogens with zero attached hydrogens (tertiary/aromatic N) is 1. The van der Waals surface area contributed by atoms with E-state index in [0.717, 1.165) is 6.07 Å². The maximum atomic E-state index is 13.6. The molecule has 1 unspecified atom stereocenters. The van der Waals surface area contributed by atoms with E-state index in [1.54, 1.807) is 0 Å². The van der Waals surface area contributed by atoms with Crippen LogP contribution in [0.4, 0.5) is 10.1 Å². The lowest BCUT2D eigenvalue weighted by Gasteiger charge is -2.23. The lowest BCUT2D eigenvalue weighted by atomic mass is 10.2. The number of sulfonamides is 1. The molecule has 1 heterocycles. The minimum absolute atomic E-state index is 0.123. The molecule has 7 heteroatoms. The van der Waals surface area contributed by atoms with Gasteiger partial charge in [0.15, 0.2) is 0 Å². The summed E-state index contributed by atoms with van der Waals surface area (Å²) < 4.78 is 44.8. The Kier molecular flexibility index (Phi) is 3.80. The van der Waals surface area contributed by atoms with Gasteiger partial charge in [-0.05, 0) is 25.5 Å². The number of halogens is 1. The van der Waals surface area contributed by atoms with E-state index in [1.807, 2.05) is 0 Å². The Morgan fingerprint density at radius 2 is 2.16 bits per heavy atom. The predicted octanol–water partition coefficient (Wildman–Crippen LogP) is 1.13. The van der Waals surface area contributed by atoms with Gasteiger partial charge >= 0.3 is 0 Å². The topological polar surface area (TPSA) is 72.6 Å². The zero-order chi connectivity index (χ0) is 14.2. The molecule has 0 aromatic heterocycles. The molecule has 2 N–H and O–H groups in total. The number of ether oxygens (including phenoxy) is 1. The van der Waals surface area contributed by atoms with Crippen molar-refractivity contribution in [2.75, 3.05) is 26.0 Å². The van der Waals surface area contributed by atoms with E-state index in [0.29, 0.717) is 19.6 Å². The van der Waals surface area contributed by atoms with Crippen LogP contribution in [0.15, 0.2) is 17.0 Å². The minimum Gasteiger partial charge on any atom is -0.398 e. The average Bonchev–Trinajstić information content (AvgIpc) is 2.87. The fourth-order valence-corrected chi connectivity index (χ4v) is 3.41. The fourth-order valence-electron chi connectivity index (χ4n) is 1.99. The Morgan fingerprint density at radius 1 is 1.47 bits per heavy atom. The molecule has 0 amide bonds. The van der Waals surface area contributed by atoms with Crippen LogP contribution in [0.25, 0.3) is 0 Å². The van der Waals surface area contributed by atoms with Crippen molar-refractivity contribution in [2.45, 2.75) is 24.3 Å². The predicted molar refractivity (Wildman–Crippen MR) is 69.7 cm³/mol. The van der Waals surface area contributed by atoms with Gasteiger partial charge < -0.3 is 10.5 Å². The highest BCUT2D eigenvalue weighted by atomic mass is 32.2. The highest BCUT2D eigenvalue weighted by Crippen LogP contribution is 2.25. The highest BCUT2D eigenvalue weighted by Gasteiger charge is 2.31. The van der Waals surface area contributed by atoms with Crippen molar-refractivity contribution in [3.05, 3.63) is 23.5 Å². The first kappa shape index (κ1) is 14.2. The maximum Gasteiger partial charge on any atom is 0.243 e. The lowest BCUT2D eigenvalue weighted by molar-refractivity contribution is 0.181. The highest BCUT2D eigenvalue weighted by molar-refractivity contribution is 7.89. The summed E-state index contributed by atoms with van der Waals surface area (Å²) in [7, 11) is -2.28. The van der Waals surface area contributed by atoms with Crippen LogP contribution in [-0.4, -0.2) is 39.0 Å². The first-order valence-electron chi connectivity index (χ1n) is 5.95. The van der Waals surface area contributed by atoms with E-state index in [2.05, 4.69) is 0 Å². The van der Waals surface area contributed by atoms with Crippen molar-refractivity contribution in [3.63, 3.8) is 0 Å². The van der Waals surface area contributed by atoms with Gasteiger partial charge in [-0.1, -0.05) is 0 Å². The molecule has 1 aromatic rings. The van der Waals surface area contributed by atoms with Gasteiger partial charge in [-0.25, -0.2) is 12.8 Å². The molecule has 0 bridgehead atoms. The van der Waals surface area contributed by atoms with E-state index in [4.69, 9.17) is 10.5 Å². The Labute approximate surface area is 112 Å². The molecule has 5 nitrogen and oxygen atoms in total. The van der Waals surface area contributed by atoms with Crippen LogP contribution in [0.3, 0.4) is 0 Å². The van der Waals surface area contributed by atoms with Gasteiger partial charge in [0.1, 0.15) is 5.82 Å². The third-order valence-electron chi connectivity index (χ3n) is 3.45. The first-order valence-corrected chi connectivity index (χ1v) is 7.39. The number of hydrogen-bond donors (Lipinski definition) is 1. The van der Waals surface area contributed by atoms with Crippen LogP contribution in [0.1, 0.15) is 12.0 Å². The van der Waals surface area contributed by atoms with E-state index in [9.17, 15) is 12.8 Å². The number of nitrogen functional groups attached to an aromatic ring is 1. The van der Waals surface area contributed by atoms with Crippen molar-refractivity contribution in [1.82, 2.24) is 4.31 Å². The summed E-state index contributed by atoms with van der Waals surface area (Å²) in [5, 5.41) is 0. The largest absolute Gasteiger partial charge is 0.398 e. The van der Waals surface area contributed by atoms with Crippen LogP contribution in [-0.2, 0) is 14.8 Å². The first-order chi connectivity index (χ1) is 8.84. The van der Waals surface area contributed by atoms with Crippen LogP contribution >= 0.6 is 0 Å². The number of likely N-dealkylation sites (N-methyl/N-ethyl adjacent to an activating group) is 1. The molecule has 0 radical (unpaired) electrons. The van der Waals surface area contributed by atoms with Gasteiger partial charge in [-0.3, -0.25) is 0 Å². The van der Waals surface area contributed by atoms with E-state index in [1.165, 1.54) is 24.3 Å². The minimum atomic E-state index is -3.75. The van der Waals surface area contributed by atoms with Gasteiger partial charge in [0.25, 0.3) is 0 Å². The molecule has 1 aliphatic heterocycles. The van der Waals surface area contributed by atoms with E-state index < -0.39 is 15.8 Å². The van der Waals surface area contributed by atoms with Crippen molar-refractivity contribution >= 4 is 15.7 Å². The molecule has 0 aliphatic carbocycles. The molecule has 0 spiro atoms. The van der Waals surface area contributed by atoms with Crippen LogP contribution in [0, 0.1) is 12.7 Å². The van der Waals surface area contributed by atoms with E-state index >= 15 is 0 Å². The summed E-state index contributed by atoms with van der Waals surface area (Å²) in [6.07, 6.45) is 0.638. The second-order valence-electron chi connectivity index (χ2n) is 4.66. The summed E-state index contributed by atoms with van der Waals surface area (Å²) in [5.74, 6) is -0.616. The quantitative estimate of drug-likeness (QED) is 0.846. The maximum absolute atomic E-state index is 13.6. The summed E-state index contributed by atoms with van der Waals surface area (Å²) in [6.45, 7) is 2.41. The van der Waals surface area contributed by atoms with Crippen molar-refractivity contribution in [3.8, 4) is 0 Å². The summed E-state index contributed by atoms with van der Waals surface area (Å²) >= 11 is 0. The number of rotatable bonds is 3. The fraction of sp³-hybridized carbons (Fsp3) is 0.500. The standard InChI is InChI=1S/C12H17FN2O3S/c1-8-11(13)5-10(6-12(8)14)19(16,17)15(2)9-3-4-18-7-9/h5-6,9H,3-4,7,14H2,1-2H3. The molecule has 106 valence electrons. The zero-order valence-corrected chi connectivity index (χ0v) is 11.7. The zero-order valence-electron chi connectivity index (χ0n) is 10.9. The number of hydrogen-bond acceptors (Lipinski definition) is 4. The molecule has 1 aliphatic rings. The molecular formula is C12H17FN2O3S. The SMILES string of the molecule is Cc1c(N)cc(S(=O)(=O)N(C)C2CCOC2)cc1F. The smallest absolute Gasteiger partial charge is 0.243 e. The summed E-state index contributed by atoms with van der Waals surface area (Å²) in [4.78, 5) is -0.123. The molecule has 2 rings (SSSR count). The van der Waals surface area contributed by atoms with Crippen molar-refractivity contribution in [2.24, 2.45) is 0 Å². The lowest BCUT2D eigenvalue weighted by Crippen LogP contribution is -2.37. The molecule has 1 aromatic carbocycles. The van der Waals surface area contributed by atoms with Gasteiger partial charge in [0.2, 0.25) is 10.0 Å². The second-order valence-corrected chi connectivity index (χ2v) is 6.66. The molecule has 0 saturated carbocycles. The van der Waals surface area contributed by atoms with Gasteiger partial charge in [0.05, 0.1) is 17.5 Å². The molecule has 1 fully saturated rings. The van der Waals surface area contributed by atoms with Gasteiger partial charge in [-0.15, -0.1) is 0 Å².